The van der Waals surface area contributed by atoms with Crippen LogP contribution in [0.25, 0.3) is 116 Å². The van der Waals surface area contributed by atoms with E-state index in [1.54, 1.807) is 0 Å². The molecular weight excluding hydrogens is 699 g/mol. The van der Waals surface area contributed by atoms with Crippen molar-refractivity contribution >= 4 is 60.1 Å². The number of benzene rings is 8. The van der Waals surface area contributed by atoms with Crippen molar-refractivity contribution in [1.29, 1.82) is 0 Å². The van der Waals surface area contributed by atoms with Crippen LogP contribution >= 0.6 is 0 Å². The molecule has 0 N–H and O–H groups in total. The van der Waals surface area contributed by atoms with E-state index < -0.39 is 0 Å². The van der Waals surface area contributed by atoms with Gasteiger partial charge in [0, 0.05) is 44.6 Å². The summed E-state index contributed by atoms with van der Waals surface area (Å²) in [4.78, 5) is 23.7. The number of aromatic nitrogens is 4. The number of pyridine rings is 1. The van der Waals surface area contributed by atoms with Crippen LogP contribution in [0.15, 0.2) is 180 Å². The molecule has 264 valence electrons. The maximum absolute atomic E-state index is 7.43. The van der Waals surface area contributed by atoms with E-state index in [0.717, 1.165) is 93.3 Å². The van der Waals surface area contributed by atoms with E-state index in [4.69, 9.17) is 30.9 Å². The minimum absolute atomic E-state index is 0.571. The van der Waals surface area contributed by atoms with Crippen molar-refractivity contribution in [1.82, 2.24) is 19.9 Å². The van der Waals surface area contributed by atoms with Gasteiger partial charge in [0.2, 0.25) is 0 Å². The number of nitrogens with zero attached hydrogens (tertiary/aromatic N) is 5. The smallest absolute Gasteiger partial charge is 0.187 e. The molecule has 0 bridgehead atoms. The van der Waals surface area contributed by atoms with Gasteiger partial charge in [-0.3, -0.25) is 4.98 Å². The van der Waals surface area contributed by atoms with Crippen molar-refractivity contribution in [2.75, 3.05) is 0 Å². The van der Waals surface area contributed by atoms with Gasteiger partial charge in [0.1, 0.15) is 11.2 Å². The lowest BCUT2D eigenvalue weighted by molar-refractivity contribution is 0.669. The summed E-state index contributed by atoms with van der Waals surface area (Å²) in [6, 6.07) is 57.8. The molecule has 11 rings (SSSR count). The van der Waals surface area contributed by atoms with E-state index in [-0.39, 0.29) is 0 Å². The number of fused-ring (bicyclic) bond motifs is 8. The van der Waals surface area contributed by atoms with Crippen LogP contribution < -0.4 is 0 Å². The van der Waals surface area contributed by atoms with Gasteiger partial charge in [-0.25, -0.2) is 19.8 Å². The van der Waals surface area contributed by atoms with Gasteiger partial charge in [-0.2, -0.15) is 0 Å². The minimum atomic E-state index is 0.571. The van der Waals surface area contributed by atoms with E-state index in [1.807, 2.05) is 91.1 Å². The molecule has 57 heavy (non-hydrogen) atoms. The predicted octanol–water partition coefficient (Wildman–Crippen LogP) is 13.5. The van der Waals surface area contributed by atoms with Crippen molar-refractivity contribution in [3.05, 3.63) is 187 Å². The number of furan rings is 1. The fraction of sp³-hybridized carbons (Fsp3) is 0. The molecular formula is C51H29N5O. The third kappa shape index (κ3) is 5.49. The van der Waals surface area contributed by atoms with Gasteiger partial charge in [0.05, 0.1) is 12.1 Å². The predicted molar refractivity (Wildman–Crippen MR) is 231 cm³/mol. The van der Waals surface area contributed by atoms with Gasteiger partial charge in [0.15, 0.2) is 23.2 Å². The first-order valence-corrected chi connectivity index (χ1v) is 18.7. The van der Waals surface area contributed by atoms with Crippen LogP contribution in [-0.4, -0.2) is 19.9 Å². The molecule has 0 saturated carbocycles. The Balaban J connectivity index is 1.09. The Labute approximate surface area is 327 Å². The average molecular weight is 728 g/mol. The van der Waals surface area contributed by atoms with Crippen molar-refractivity contribution in [2.45, 2.75) is 0 Å². The van der Waals surface area contributed by atoms with Crippen LogP contribution in [0.5, 0.6) is 0 Å². The topological polar surface area (TPSA) is 69.1 Å². The number of hydrogen-bond donors (Lipinski definition) is 0. The zero-order valence-corrected chi connectivity index (χ0v) is 30.4. The Morgan fingerprint density at radius 1 is 0.386 bits per heavy atom. The fourth-order valence-electron chi connectivity index (χ4n) is 8.04. The highest BCUT2D eigenvalue weighted by Gasteiger charge is 2.18. The largest absolute Gasteiger partial charge is 0.456 e. The summed E-state index contributed by atoms with van der Waals surface area (Å²) in [5.74, 6) is 1.75. The summed E-state index contributed by atoms with van der Waals surface area (Å²) in [5, 5.41) is 7.75. The number of para-hydroxylation sites is 1. The lowest BCUT2D eigenvalue weighted by Crippen LogP contribution is -2.00. The van der Waals surface area contributed by atoms with Crippen LogP contribution in [0.1, 0.15) is 0 Å². The van der Waals surface area contributed by atoms with E-state index in [2.05, 4.69) is 89.8 Å². The Morgan fingerprint density at radius 3 is 1.79 bits per heavy atom. The molecule has 0 amide bonds. The SMILES string of the molecule is [C-]#[N+]c1ccc(-c2cc3c4ccccc4c(-c4cccc(-c5nc(-c6ccccc6)nc(-c6ccc7c(c6)oc6ccccc67)n5)c4)cc3c3cccnc23)cc1. The highest BCUT2D eigenvalue weighted by Crippen LogP contribution is 2.42. The van der Waals surface area contributed by atoms with Crippen LogP contribution in [0.3, 0.4) is 0 Å². The van der Waals surface area contributed by atoms with E-state index >= 15 is 0 Å². The minimum Gasteiger partial charge on any atom is -0.456 e. The third-order valence-electron chi connectivity index (χ3n) is 10.8. The molecule has 0 unspecified atom stereocenters. The molecule has 0 aliphatic heterocycles. The quantitative estimate of drug-likeness (QED) is 0.130. The summed E-state index contributed by atoms with van der Waals surface area (Å²) < 4.78 is 6.25. The molecule has 8 aromatic carbocycles. The summed E-state index contributed by atoms with van der Waals surface area (Å²) in [5.41, 5.74) is 10.0. The van der Waals surface area contributed by atoms with Crippen molar-refractivity contribution in [3.8, 4) is 56.4 Å². The number of hydrogen-bond acceptors (Lipinski definition) is 5. The second-order valence-electron chi connectivity index (χ2n) is 14.1. The first-order chi connectivity index (χ1) is 28.2. The third-order valence-corrected chi connectivity index (χ3v) is 10.8. The normalized spacial score (nSPS) is 11.5. The second kappa shape index (κ2) is 13.1. The van der Waals surface area contributed by atoms with Crippen LogP contribution in [-0.2, 0) is 0 Å². The first kappa shape index (κ1) is 32.4. The van der Waals surface area contributed by atoms with E-state index in [9.17, 15) is 0 Å². The monoisotopic (exact) mass is 727 g/mol. The maximum Gasteiger partial charge on any atom is 0.187 e. The van der Waals surface area contributed by atoms with Gasteiger partial charge in [-0.05, 0) is 80.7 Å². The molecule has 6 nitrogen and oxygen atoms in total. The molecule has 0 saturated heterocycles. The average Bonchev–Trinajstić information content (AvgIpc) is 3.67. The van der Waals surface area contributed by atoms with Crippen molar-refractivity contribution in [2.24, 2.45) is 0 Å². The van der Waals surface area contributed by atoms with E-state index in [1.165, 1.54) is 0 Å². The molecule has 0 atom stereocenters. The Hall–Kier alpha value is -8.01. The van der Waals surface area contributed by atoms with Gasteiger partial charge in [-0.1, -0.05) is 127 Å². The summed E-state index contributed by atoms with van der Waals surface area (Å²) in [6.07, 6.45) is 1.85. The second-order valence-corrected chi connectivity index (χ2v) is 14.1. The molecule has 11 aromatic rings. The lowest BCUT2D eigenvalue weighted by Gasteiger charge is -2.16. The fourth-order valence-corrected chi connectivity index (χ4v) is 8.04. The Morgan fingerprint density at radius 2 is 0.982 bits per heavy atom. The zero-order chi connectivity index (χ0) is 37.9. The molecule has 3 heterocycles. The number of rotatable bonds is 5. The molecule has 0 fully saturated rings. The van der Waals surface area contributed by atoms with Crippen molar-refractivity contribution < 1.29 is 4.42 Å². The first-order valence-electron chi connectivity index (χ1n) is 18.7. The molecule has 0 aliphatic carbocycles. The van der Waals surface area contributed by atoms with E-state index in [0.29, 0.717) is 23.2 Å². The molecule has 0 radical (unpaired) electrons. The summed E-state index contributed by atoms with van der Waals surface area (Å²) in [6.45, 7) is 7.43. The zero-order valence-electron chi connectivity index (χ0n) is 30.4. The maximum atomic E-state index is 7.43. The van der Waals surface area contributed by atoms with Gasteiger partial charge >= 0.3 is 0 Å². The molecule has 0 spiro atoms. The van der Waals surface area contributed by atoms with Crippen LogP contribution in [0.4, 0.5) is 5.69 Å². The van der Waals surface area contributed by atoms with Crippen LogP contribution in [0.2, 0.25) is 0 Å². The Kier molecular flexibility index (Phi) is 7.44. The molecule has 6 heteroatoms. The van der Waals surface area contributed by atoms with Gasteiger partial charge < -0.3 is 4.42 Å². The standard InChI is InChI=1S/C51H29N5O/c1-52-36-23-20-31(21-24-36)43-30-44-38-16-6-5-15-37(38)42(29-45(44)41-18-10-26-53-48(41)43)33-13-9-14-34(27-33)50-54-49(32-11-3-2-4-12-32)55-51(56-50)35-22-25-40-39-17-7-8-19-46(39)57-47(40)28-35/h2-30H. The highest BCUT2D eigenvalue weighted by atomic mass is 16.3. The van der Waals surface area contributed by atoms with Crippen molar-refractivity contribution in [3.63, 3.8) is 0 Å². The molecule has 3 aromatic heterocycles. The lowest BCUT2D eigenvalue weighted by atomic mass is 9.89. The highest BCUT2D eigenvalue weighted by molar-refractivity contribution is 6.23. The molecule has 0 aliphatic rings. The Bertz CT molecular complexity index is 3420. The summed E-state index contributed by atoms with van der Waals surface area (Å²) >= 11 is 0. The van der Waals surface area contributed by atoms with Crippen LogP contribution in [0, 0.1) is 6.57 Å². The van der Waals surface area contributed by atoms with Gasteiger partial charge in [0.25, 0.3) is 0 Å². The van der Waals surface area contributed by atoms with Gasteiger partial charge in [-0.15, -0.1) is 0 Å². The summed E-state index contributed by atoms with van der Waals surface area (Å²) in [7, 11) is 0.